The molecule has 0 saturated carbocycles. The molecule has 0 amide bonds. The van der Waals surface area contributed by atoms with Crippen molar-refractivity contribution in [1.82, 2.24) is 4.90 Å². The molecule has 5 nitrogen and oxygen atoms in total. The smallest absolute Gasteiger partial charge is 0.306 e. The van der Waals surface area contributed by atoms with Crippen LogP contribution < -0.4 is 0 Å². The molecule has 0 aromatic carbocycles. The Kier molecular flexibility index (Phi) is 5.75. The summed E-state index contributed by atoms with van der Waals surface area (Å²) in [6, 6.07) is 0. The summed E-state index contributed by atoms with van der Waals surface area (Å²) < 4.78 is 10.4. The molecule has 1 saturated heterocycles. The zero-order chi connectivity index (χ0) is 13.6. The van der Waals surface area contributed by atoms with E-state index in [9.17, 15) is 9.59 Å². The minimum Gasteiger partial charge on any atom is -0.466 e. The van der Waals surface area contributed by atoms with Crippen LogP contribution in [0.1, 0.15) is 33.6 Å². The molecule has 0 spiro atoms. The average molecular weight is 257 g/mol. The van der Waals surface area contributed by atoms with Crippen molar-refractivity contribution in [1.29, 1.82) is 0 Å². The molecule has 5 heteroatoms. The number of nitrogens with zero attached hydrogens (tertiary/aromatic N) is 1. The van der Waals surface area contributed by atoms with Gasteiger partial charge in [0.25, 0.3) is 0 Å². The summed E-state index contributed by atoms with van der Waals surface area (Å²) in [4.78, 5) is 25.0. The first-order chi connectivity index (χ1) is 8.43. The largest absolute Gasteiger partial charge is 0.466 e. The predicted molar refractivity (Wildman–Crippen MR) is 67.3 cm³/mol. The Bertz CT molecular complexity index is 301. The van der Waals surface area contributed by atoms with Gasteiger partial charge in [-0.2, -0.15) is 0 Å². The normalized spacial score (nSPS) is 19.5. The van der Waals surface area contributed by atoms with Gasteiger partial charge in [0, 0.05) is 19.5 Å². The number of ketones is 1. The van der Waals surface area contributed by atoms with E-state index in [4.69, 9.17) is 9.47 Å². The molecule has 18 heavy (non-hydrogen) atoms. The Hall–Kier alpha value is -0.940. The molecular weight excluding hydrogens is 234 g/mol. The highest BCUT2D eigenvalue weighted by molar-refractivity contribution is 5.84. The Morgan fingerprint density at radius 1 is 1.33 bits per heavy atom. The molecule has 0 aliphatic carbocycles. The second kappa shape index (κ2) is 6.85. The van der Waals surface area contributed by atoms with Crippen molar-refractivity contribution in [2.45, 2.75) is 39.2 Å². The van der Waals surface area contributed by atoms with Crippen LogP contribution in [0.4, 0.5) is 0 Å². The van der Waals surface area contributed by atoms with Gasteiger partial charge >= 0.3 is 5.97 Å². The van der Waals surface area contributed by atoms with E-state index in [-0.39, 0.29) is 30.2 Å². The first kappa shape index (κ1) is 15.1. The summed E-state index contributed by atoms with van der Waals surface area (Å²) in [5.74, 6) is -0.214. The standard InChI is InChI=1S/C13H23NO4/c1-4-17-12(16)6-5-11(15)9-14-7-8-18-13(2,3)10-14/h4-10H2,1-3H3. The fraction of sp³-hybridized carbons (Fsp3) is 0.846. The third kappa shape index (κ3) is 5.60. The number of ether oxygens (including phenoxy) is 2. The topological polar surface area (TPSA) is 55.8 Å². The van der Waals surface area contributed by atoms with Crippen LogP contribution in [0.5, 0.6) is 0 Å². The molecule has 0 N–H and O–H groups in total. The van der Waals surface area contributed by atoms with Crippen LogP contribution >= 0.6 is 0 Å². The minimum absolute atomic E-state index is 0.0840. The Labute approximate surface area is 108 Å². The van der Waals surface area contributed by atoms with Crippen molar-refractivity contribution >= 4 is 11.8 Å². The van der Waals surface area contributed by atoms with E-state index >= 15 is 0 Å². The van der Waals surface area contributed by atoms with E-state index < -0.39 is 0 Å². The molecule has 0 aromatic heterocycles. The first-order valence-electron chi connectivity index (χ1n) is 6.46. The Morgan fingerprint density at radius 2 is 2.06 bits per heavy atom. The highest BCUT2D eigenvalue weighted by atomic mass is 16.5. The van der Waals surface area contributed by atoms with Gasteiger partial charge < -0.3 is 9.47 Å². The average Bonchev–Trinajstić information content (AvgIpc) is 2.25. The van der Waals surface area contributed by atoms with Gasteiger partial charge in [-0.15, -0.1) is 0 Å². The highest BCUT2D eigenvalue weighted by Gasteiger charge is 2.28. The van der Waals surface area contributed by atoms with Gasteiger partial charge in [0.05, 0.1) is 31.8 Å². The molecule has 1 aliphatic rings. The summed E-state index contributed by atoms with van der Waals surface area (Å²) in [5.41, 5.74) is -0.195. The van der Waals surface area contributed by atoms with Crippen molar-refractivity contribution in [3.05, 3.63) is 0 Å². The summed E-state index contributed by atoms with van der Waals surface area (Å²) in [6.07, 6.45) is 0.441. The summed E-state index contributed by atoms with van der Waals surface area (Å²) in [7, 11) is 0. The number of carbonyl (C=O) groups excluding carboxylic acids is 2. The number of carbonyl (C=O) groups is 2. The highest BCUT2D eigenvalue weighted by Crippen LogP contribution is 2.16. The number of rotatable bonds is 6. The Balaban J connectivity index is 2.25. The third-order valence-corrected chi connectivity index (χ3v) is 2.82. The molecule has 0 aromatic rings. The van der Waals surface area contributed by atoms with Crippen LogP contribution in [0.15, 0.2) is 0 Å². The lowest BCUT2D eigenvalue weighted by Crippen LogP contribution is -2.49. The van der Waals surface area contributed by atoms with Gasteiger partial charge in [0.15, 0.2) is 0 Å². The van der Waals surface area contributed by atoms with Crippen LogP contribution in [0.25, 0.3) is 0 Å². The number of Topliss-reactive ketones (excluding diaryl/α,β-unsaturated/α-hetero) is 1. The molecule has 104 valence electrons. The maximum absolute atomic E-state index is 11.7. The Morgan fingerprint density at radius 3 is 2.67 bits per heavy atom. The van der Waals surface area contributed by atoms with Crippen molar-refractivity contribution in [2.24, 2.45) is 0 Å². The quantitative estimate of drug-likeness (QED) is 0.665. The monoisotopic (exact) mass is 257 g/mol. The molecule has 1 fully saturated rings. The van der Waals surface area contributed by atoms with Gasteiger partial charge in [-0.3, -0.25) is 14.5 Å². The van der Waals surface area contributed by atoms with Gasteiger partial charge in [-0.1, -0.05) is 0 Å². The van der Waals surface area contributed by atoms with E-state index in [1.165, 1.54) is 0 Å². The molecule has 1 aliphatic heterocycles. The van der Waals surface area contributed by atoms with Crippen molar-refractivity contribution < 1.29 is 19.1 Å². The number of esters is 1. The van der Waals surface area contributed by atoms with Gasteiger partial charge in [0.2, 0.25) is 0 Å². The lowest BCUT2D eigenvalue weighted by Gasteiger charge is -2.37. The van der Waals surface area contributed by atoms with E-state index in [1.54, 1.807) is 6.92 Å². The van der Waals surface area contributed by atoms with Crippen LogP contribution in [0.3, 0.4) is 0 Å². The van der Waals surface area contributed by atoms with Gasteiger partial charge in [0.1, 0.15) is 5.78 Å². The number of hydrogen-bond acceptors (Lipinski definition) is 5. The summed E-state index contributed by atoms with van der Waals surface area (Å²) in [6.45, 7) is 8.72. The van der Waals surface area contributed by atoms with Crippen molar-refractivity contribution in [2.75, 3.05) is 32.8 Å². The summed E-state index contributed by atoms with van der Waals surface area (Å²) in [5, 5.41) is 0. The second-order valence-electron chi connectivity index (χ2n) is 5.16. The number of hydrogen-bond donors (Lipinski definition) is 0. The van der Waals surface area contributed by atoms with E-state index in [0.717, 1.165) is 13.1 Å². The van der Waals surface area contributed by atoms with Crippen LogP contribution in [0.2, 0.25) is 0 Å². The SMILES string of the molecule is CCOC(=O)CCC(=O)CN1CCOC(C)(C)C1. The van der Waals surface area contributed by atoms with Crippen LogP contribution in [0, 0.1) is 0 Å². The molecule has 1 heterocycles. The zero-order valence-electron chi connectivity index (χ0n) is 11.5. The van der Waals surface area contributed by atoms with Gasteiger partial charge in [-0.25, -0.2) is 0 Å². The minimum atomic E-state index is -0.298. The molecular formula is C13H23NO4. The molecule has 0 bridgehead atoms. The lowest BCUT2D eigenvalue weighted by molar-refractivity contribution is -0.144. The van der Waals surface area contributed by atoms with Crippen LogP contribution in [-0.2, 0) is 19.1 Å². The van der Waals surface area contributed by atoms with Crippen molar-refractivity contribution in [3.8, 4) is 0 Å². The molecule has 0 radical (unpaired) electrons. The van der Waals surface area contributed by atoms with Gasteiger partial charge in [-0.05, 0) is 20.8 Å². The second-order valence-corrected chi connectivity index (χ2v) is 5.16. The maximum Gasteiger partial charge on any atom is 0.306 e. The van der Waals surface area contributed by atoms with E-state index in [1.807, 2.05) is 13.8 Å². The fourth-order valence-electron chi connectivity index (χ4n) is 2.05. The first-order valence-corrected chi connectivity index (χ1v) is 6.46. The molecule has 1 rings (SSSR count). The molecule has 0 unspecified atom stereocenters. The zero-order valence-corrected chi connectivity index (χ0v) is 11.5. The summed E-state index contributed by atoms with van der Waals surface area (Å²) >= 11 is 0. The maximum atomic E-state index is 11.7. The van der Waals surface area contributed by atoms with Crippen molar-refractivity contribution in [3.63, 3.8) is 0 Å². The lowest BCUT2D eigenvalue weighted by atomic mass is 10.1. The molecule has 0 atom stereocenters. The van der Waals surface area contributed by atoms with E-state index in [0.29, 0.717) is 19.8 Å². The van der Waals surface area contributed by atoms with Crippen LogP contribution in [-0.4, -0.2) is 55.1 Å². The third-order valence-electron chi connectivity index (χ3n) is 2.82. The van der Waals surface area contributed by atoms with E-state index in [2.05, 4.69) is 4.90 Å². The fourth-order valence-corrected chi connectivity index (χ4v) is 2.05. The predicted octanol–water partition coefficient (Wildman–Crippen LogP) is 1.01. The number of morpholine rings is 1.